The number of carbonyl (C=O) groups is 1. The minimum absolute atomic E-state index is 0.172. The Kier molecular flexibility index (Phi) is 5.23. The van der Waals surface area contributed by atoms with Crippen LogP contribution in [0.5, 0.6) is 5.75 Å². The zero-order valence-electron chi connectivity index (χ0n) is 12.2. The van der Waals surface area contributed by atoms with Gasteiger partial charge in [-0.1, -0.05) is 29.8 Å². The fraction of sp³-hybridized carbons (Fsp3) is 0.235. The molecule has 1 N–H and O–H groups in total. The molecule has 21 heavy (non-hydrogen) atoms. The molecule has 2 aromatic carbocycles. The van der Waals surface area contributed by atoms with Gasteiger partial charge in [-0.2, -0.15) is 0 Å². The van der Waals surface area contributed by atoms with Gasteiger partial charge >= 0.3 is 0 Å². The summed E-state index contributed by atoms with van der Waals surface area (Å²) < 4.78 is 5.38. The molecule has 3 nitrogen and oxygen atoms in total. The second-order valence-corrected chi connectivity index (χ2v) is 5.15. The maximum absolute atomic E-state index is 12.1. The number of hydrogen-bond donors (Lipinski definition) is 1. The molecular weight excluding hydrogens is 286 g/mol. The fourth-order valence-electron chi connectivity index (χ4n) is 1.95. The van der Waals surface area contributed by atoms with Gasteiger partial charge in [0, 0.05) is 6.54 Å². The van der Waals surface area contributed by atoms with Crippen molar-refractivity contribution >= 4 is 17.5 Å². The molecule has 0 bridgehead atoms. The molecule has 1 amide bonds. The number of amides is 1. The van der Waals surface area contributed by atoms with Crippen LogP contribution in [-0.4, -0.2) is 12.5 Å². The summed E-state index contributed by atoms with van der Waals surface area (Å²) >= 11 is 6.08. The van der Waals surface area contributed by atoms with Crippen molar-refractivity contribution in [2.75, 3.05) is 6.61 Å². The molecule has 0 spiro atoms. The number of aryl methyl sites for hydroxylation is 1. The molecule has 0 atom stereocenters. The largest absolute Gasteiger partial charge is 0.494 e. The van der Waals surface area contributed by atoms with Crippen molar-refractivity contribution in [1.29, 1.82) is 0 Å². The van der Waals surface area contributed by atoms with E-state index >= 15 is 0 Å². The van der Waals surface area contributed by atoms with E-state index in [0.29, 0.717) is 23.7 Å². The van der Waals surface area contributed by atoms with Gasteiger partial charge in [0.1, 0.15) is 5.75 Å². The van der Waals surface area contributed by atoms with E-state index in [4.69, 9.17) is 16.3 Å². The first-order valence-corrected chi connectivity index (χ1v) is 7.24. The Balaban J connectivity index is 1.97. The van der Waals surface area contributed by atoms with Gasteiger partial charge in [-0.05, 0) is 49.2 Å². The zero-order chi connectivity index (χ0) is 15.2. The van der Waals surface area contributed by atoms with Crippen molar-refractivity contribution in [3.63, 3.8) is 0 Å². The lowest BCUT2D eigenvalue weighted by Crippen LogP contribution is -2.23. The lowest BCUT2D eigenvalue weighted by atomic mass is 10.1. The Bertz CT molecular complexity index is 623. The van der Waals surface area contributed by atoms with Crippen LogP contribution < -0.4 is 10.1 Å². The topological polar surface area (TPSA) is 38.3 Å². The maximum atomic E-state index is 12.1. The summed E-state index contributed by atoms with van der Waals surface area (Å²) in [6, 6.07) is 13.0. The smallest absolute Gasteiger partial charge is 0.253 e. The summed E-state index contributed by atoms with van der Waals surface area (Å²) in [5, 5.41) is 3.33. The number of halogens is 1. The van der Waals surface area contributed by atoms with E-state index in [1.807, 2.05) is 44.2 Å². The van der Waals surface area contributed by atoms with Gasteiger partial charge < -0.3 is 10.1 Å². The van der Waals surface area contributed by atoms with Crippen molar-refractivity contribution in [2.24, 2.45) is 0 Å². The molecule has 2 aromatic rings. The molecule has 0 unspecified atom stereocenters. The average molecular weight is 304 g/mol. The van der Waals surface area contributed by atoms with Gasteiger partial charge in [0.15, 0.2) is 0 Å². The van der Waals surface area contributed by atoms with Crippen LogP contribution in [0.4, 0.5) is 0 Å². The molecule has 0 aliphatic carbocycles. The van der Waals surface area contributed by atoms with Gasteiger partial charge in [0.05, 0.1) is 17.2 Å². The van der Waals surface area contributed by atoms with Gasteiger partial charge in [0.2, 0.25) is 0 Å². The highest BCUT2D eigenvalue weighted by Gasteiger charge is 2.09. The van der Waals surface area contributed by atoms with Crippen LogP contribution in [0, 0.1) is 6.92 Å². The lowest BCUT2D eigenvalue weighted by molar-refractivity contribution is 0.0951. The molecule has 2 rings (SSSR count). The number of hydrogen-bond acceptors (Lipinski definition) is 2. The number of benzene rings is 2. The van der Waals surface area contributed by atoms with Crippen LogP contribution >= 0.6 is 11.6 Å². The molecule has 0 saturated heterocycles. The molecule has 0 aromatic heterocycles. The quantitative estimate of drug-likeness (QED) is 0.907. The molecule has 0 fully saturated rings. The van der Waals surface area contributed by atoms with E-state index in [9.17, 15) is 4.79 Å². The third-order valence-corrected chi connectivity index (χ3v) is 3.37. The van der Waals surface area contributed by atoms with Crippen molar-refractivity contribution in [1.82, 2.24) is 5.32 Å². The van der Waals surface area contributed by atoms with E-state index in [1.165, 1.54) is 0 Å². The fourth-order valence-corrected chi connectivity index (χ4v) is 2.27. The number of rotatable bonds is 5. The van der Waals surface area contributed by atoms with Crippen LogP contribution in [0.25, 0.3) is 0 Å². The van der Waals surface area contributed by atoms with E-state index in [-0.39, 0.29) is 5.91 Å². The lowest BCUT2D eigenvalue weighted by Gasteiger charge is -2.08. The normalized spacial score (nSPS) is 10.2. The highest BCUT2D eigenvalue weighted by atomic mass is 35.5. The molecule has 4 heteroatoms. The molecule has 110 valence electrons. The third kappa shape index (κ3) is 4.23. The predicted octanol–water partition coefficient (Wildman–Crippen LogP) is 3.98. The number of ether oxygens (including phenoxy) is 1. The molecule has 0 aliphatic heterocycles. The molecule has 0 radical (unpaired) electrons. The number of carbonyl (C=O) groups excluding carboxylic acids is 1. The standard InChI is InChI=1S/C17H18ClNO2/c1-3-21-14-7-5-13(6-8-14)11-19-17(20)15-9-4-12(2)10-16(15)18/h4-10H,3,11H2,1-2H3,(H,19,20). The Morgan fingerprint density at radius 2 is 1.90 bits per heavy atom. The Hall–Kier alpha value is -2.00. The van der Waals surface area contributed by atoms with Crippen molar-refractivity contribution in [3.8, 4) is 5.75 Å². The van der Waals surface area contributed by atoms with E-state index in [1.54, 1.807) is 12.1 Å². The van der Waals surface area contributed by atoms with Crippen molar-refractivity contribution in [2.45, 2.75) is 20.4 Å². The Labute approximate surface area is 129 Å². The van der Waals surface area contributed by atoms with Gasteiger partial charge in [-0.3, -0.25) is 4.79 Å². The summed E-state index contributed by atoms with van der Waals surface area (Å²) in [7, 11) is 0. The summed E-state index contributed by atoms with van der Waals surface area (Å²) in [5.74, 6) is 0.656. The highest BCUT2D eigenvalue weighted by molar-refractivity contribution is 6.33. The highest BCUT2D eigenvalue weighted by Crippen LogP contribution is 2.18. The zero-order valence-corrected chi connectivity index (χ0v) is 12.9. The van der Waals surface area contributed by atoms with Crippen LogP contribution in [0.3, 0.4) is 0 Å². The monoisotopic (exact) mass is 303 g/mol. The van der Waals surface area contributed by atoms with Crippen LogP contribution in [0.1, 0.15) is 28.4 Å². The number of nitrogens with one attached hydrogen (secondary N) is 1. The first-order valence-electron chi connectivity index (χ1n) is 6.86. The first kappa shape index (κ1) is 15.4. The predicted molar refractivity (Wildman–Crippen MR) is 85.0 cm³/mol. The Morgan fingerprint density at radius 3 is 2.52 bits per heavy atom. The van der Waals surface area contributed by atoms with Gasteiger partial charge in [0.25, 0.3) is 5.91 Å². The summed E-state index contributed by atoms with van der Waals surface area (Å²) in [4.78, 5) is 12.1. The summed E-state index contributed by atoms with van der Waals surface area (Å²) in [6.45, 7) is 4.98. The first-order chi connectivity index (χ1) is 10.1. The second kappa shape index (κ2) is 7.14. The minimum Gasteiger partial charge on any atom is -0.494 e. The second-order valence-electron chi connectivity index (χ2n) is 4.74. The van der Waals surface area contributed by atoms with Crippen LogP contribution in [0.2, 0.25) is 5.02 Å². The molecule has 0 aliphatic rings. The van der Waals surface area contributed by atoms with Crippen LogP contribution in [-0.2, 0) is 6.54 Å². The molecule has 0 heterocycles. The van der Waals surface area contributed by atoms with Crippen LogP contribution in [0.15, 0.2) is 42.5 Å². The van der Waals surface area contributed by atoms with Crippen molar-refractivity contribution in [3.05, 3.63) is 64.2 Å². The Morgan fingerprint density at radius 1 is 1.19 bits per heavy atom. The van der Waals surface area contributed by atoms with Gasteiger partial charge in [-0.15, -0.1) is 0 Å². The average Bonchev–Trinajstić information content (AvgIpc) is 2.46. The minimum atomic E-state index is -0.172. The SMILES string of the molecule is CCOc1ccc(CNC(=O)c2ccc(C)cc2Cl)cc1. The molecule has 0 saturated carbocycles. The summed E-state index contributed by atoms with van der Waals surface area (Å²) in [5.41, 5.74) is 2.53. The third-order valence-electron chi connectivity index (χ3n) is 3.06. The molecular formula is C17H18ClNO2. The van der Waals surface area contributed by atoms with Gasteiger partial charge in [-0.25, -0.2) is 0 Å². The maximum Gasteiger partial charge on any atom is 0.253 e. The van der Waals surface area contributed by atoms with E-state index < -0.39 is 0 Å². The van der Waals surface area contributed by atoms with Crippen molar-refractivity contribution < 1.29 is 9.53 Å². The van der Waals surface area contributed by atoms with E-state index in [2.05, 4.69) is 5.32 Å². The summed E-state index contributed by atoms with van der Waals surface area (Å²) in [6.07, 6.45) is 0. The van der Waals surface area contributed by atoms with E-state index in [0.717, 1.165) is 16.9 Å².